The van der Waals surface area contributed by atoms with Crippen LogP contribution in [0.15, 0.2) is 18.2 Å². The van der Waals surface area contributed by atoms with E-state index in [0.29, 0.717) is 12.5 Å². The van der Waals surface area contributed by atoms with Gasteiger partial charge in [-0.25, -0.2) is 4.39 Å². The maximum absolute atomic E-state index is 13.1. The van der Waals surface area contributed by atoms with Crippen LogP contribution in [0.25, 0.3) is 0 Å². The second kappa shape index (κ2) is 6.58. The lowest BCUT2D eigenvalue weighted by Gasteiger charge is -2.09. The van der Waals surface area contributed by atoms with Crippen molar-refractivity contribution in [2.24, 2.45) is 5.92 Å². The summed E-state index contributed by atoms with van der Waals surface area (Å²) in [6.07, 6.45) is 2.07. The quantitative estimate of drug-likeness (QED) is 0.488. The van der Waals surface area contributed by atoms with E-state index in [1.165, 1.54) is 6.07 Å². The average Bonchev–Trinajstić information content (AvgIpc) is 2.87. The van der Waals surface area contributed by atoms with Crippen LogP contribution in [0.4, 0.5) is 10.1 Å². The average molecular weight is 268 g/mol. The van der Waals surface area contributed by atoms with Gasteiger partial charge in [-0.2, -0.15) is 0 Å². The molecule has 1 aromatic carbocycles. The number of nitrogens with zero attached hydrogens (tertiary/aromatic N) is 1. The highest BCUT2D eigenvalue weighted by molar-refractivity contribution is 5.39. The Labute approximate surface area is 110 Å². The third kappa shape index (κ3) is 3.97. The van der Waals surface area contributed by atoms with Crippen LogP contribution in [0.3, 0.4) is 0 Å². The summed E-state index contributed by atoms with van der Waals surface area (Å²) in [4.78, 5) is 10.3. The van der Waals surface area contributed by atoms with Crippen LogP contribution in [-0.4, -0.2) is 24.6 Å². The van der Waals surface area contributed by atoms with Crippen molar-refractivity contribution < 1.29 is 14.1 Å². The van der Waals surface area contributed by atoms with Crippen molar-refractivity contribution in [2.75, 3.05) is 19.7 Å². The maximum atomic E-state index is 13.1. The summed E-state index contributed by atoms with van der Waals surface area (Å²) in [5.41, 5.74) is 0.193. The smallest absolute Gasteiger partial charge is 0.275 e. The summed E-state index contributed by atoms with van der Waals surface area (Å²) < 4.78 is 18.5. The number of nitro benzene ring substituents is 1. The van der Waals surface area contributed by atoms with E-state index in [9.17, 15) is 14.5 Å². The van der Waals surface area contributed by atoms with Gasteiger partial charge in [-0.05, 0) is 44.0 Å². The van der Waals surface area contributed by atoms with Crippen LogP contribution in [0, 0.1) is 21.8 Å². The molecule has 2 rings (SSSR count). The summed E-state index contributed by atoms with van der Waals surface area (Å²) in [6.45, 7) is 2.66. The molecule has 5 nitrogen and oxygen atoms in total. The van der Waals surface area contributed by atoms with Crippen molar-refractivity contribution in [2.45, 2.75) is 19.4 Å². The molecule has 0 radical (unpaired) electrons. The minimum Gasteiger partial charge on any atom is -0.376 e. The normalized spacial score (nSPS) is 18.7. The lowest BCUT2D eigenvalue weighted by molar-refractivity contribution is -0.386. The first-order valence-electron chi connectivity index (χ1n) is 6.38. The van der Waals surface area contributed by atoms with Gasteiger partial charge in [0.25, 0.3) is 5.69 Å². The first kappa shape index (κ1) is 13.9. The molecule has 1 N–H and O–H groups in total. The van der Waals surface area contributed by atoms with Crippen molar-refractivity contribution in [1.29, 1.82) is 0 Å². The van der Waals surface area contributed by atoms with Gasteiger partial charge >= 0.3 is 0 Å². The zero-order valence-electron chi connectivity index (χ0n) is 10.6. The topological polar surface area (TPSA) is 64.4 Å². The summed E-state index contributed by atoms with van der Waals surface area (Å²) in [5, 5.41) is 14.1. The molecule has 1 aromatic rings. The number of ether oxygens (including phenoxy) is 1. The van der Waals surface area contributed by atoms with Gasteiger partial charge in [-0.3, -0.25) is 10.1 Å². The lowest BCUT2D eigenvalue weighted by atomic mass is 10.1. The molecule has 1 aliphatic heterocycles. The Balaban J connectivity index is 1.84. The Kier molecular flexibility index (Phi) is 4.81. The SMILES string of the molecule is O=[N+]([O-])c1ccc(F)cc1COCCC1CCNC1. The first-order chi connectivity index (χ1) is 9.16. The Morgan fingerprint density at radius 2 is 2.37 bits per heavy atom. The fourth-order valence-electron chi connectivity index (χ4n) is 2.24. The summed E-state index contributed by atoms with van der Waals surface area (Å²) in [5.74, 6) is 0.131. The minimum absolute atomic E-state index is 0.0776. The van der Waals surface area contributed by atoms with E-state index in [-0.39, 0.29) is 17.9 Å². The van der Waals surface area contributed by atoms with E-state index in [2.05, 4.69) is 5.32 Å². The predicted molar refractivity (Wildman–Crippen MR) is 68.3 cm³/mol. The molecule has 1 fully saturated rings. The fourth-order valence-corrected chi connectivity index (χ4v) is 2.24. The number of benzene rings is 1. The standard InChI is InChI=1S/C13H17FN2O3/c14-12-1-2-13(16(17)18)11(7-12)9-19-6-4-10-3-5-15-8-10/h1-2,7,10,15H,3-6,8-9H2. The molecule has 0 aliphatic carbocycles. The van der Waals surface area contributed by atoms with Crippen molar-refractivity contribution in [1.82, 2.24) is 5.32 Å². The number of rotatable bonds is 6. The molecule has 1 aliphatic rings. The van der Waals surface area contributed by atoms with Crippen LogP contribution in [-0.2, 0) is 11.3 Å². The van der Waals surface area contributed by atoms with Crippen molar-refractivity contribution >= 4 is 5.69 Å². The van der Waals surface area contributed by atoms with Crippen molar-refractivity contribution in [3.05, 3.63) is 39.7 Å². The van der Waals surface area contributed by atoms with E-state index in [1.807, 2.05) is 0 Å². The fraction of sp³-hybridized carbons (Fsp3) is 0.538. The Bertz CT molecular complexity index is 448. The van der Waals surface area contributed by atoms with Crippen LogP contribution in [0.2, 0.25) is 0 Å². The van der Waals surface area contributed by atoms with E-state index in [4.69, 9.17) is 4.74 Å². The zero-order valence-corrected chi connectivity index (χ0v) is 10.6. The predicted octanol–water partition coefficient (Wildman–Crippen LogP) is 2.25. The van der Waals surface area contributed by atoms with Gasteiger partial charge in [0.1, 0.15) is 5.82 Å². The van der Waals surface area contributed by atoms with Crippen LogP contribution >= 0.6 is 0 Å². The van der Waals surface area contributed by atoms with Gasteiger partial charge in [0.2, 0.25) is 0 Å². The Morgan fingerprint density at radius 3 is 3.05 bits per heavy atom. The molecular formula is C13H17FN2O3. The van der Waals surface area contributed by atoms with Crippen molar-refractivity contribution in [3.63, 3.8) is 0 Å². The molecular weight excluding hydrogens is 251 g/mol. The van der Waals surface area contributed by atoms with E-state index >= 15 is 0 Å². The maximum Gasteiger partial charge on any atom is 0.275 e. The second-order valence-electron chi connectivity index (χ2n) is 4.73. The summed E-state index contributed by atoms with van der Waals surface area (Å²) in [6, 6.07) is 3.43. The van der Waals surface area contributed by atoms with Gasteiger partial charge in [-0.1, -0.05) is 0 Å². The number of hydrogen-bond donors (Lipinski definition) is 1. The van der Waals surface area contributed by atoms with Crippen LogP contribution in [0.1, 0.15) is 18.4 Å². The zero-order chi connectivity index (χ0) is 13.7. The van der Waals surface area contributed by atoms with E-state index in [1.54, 1.807) is 0 Å². The third-order valence-electron chi connectivity index (χ3n) is 3.33. The van der Waals surface area contributed by atoms with Gasteiger partial charge in [0.15, 0.2) is 0 Å². The molecule has 104 valence electrons. The Morgan fingerprint density at radius 1 is 1.53 bits per heavy atom. The molecule has 6 heteroatoms. The summed E-state index contributed by atoms with van der Waals surface area (Å²) >= 11 is 0. The molecule has 1 heterocycles. The highest BCUT2D eigenvalue weighted by Crippen LogP contribution is 2.21. The van der Waals surface area contributed by atoms with Gasteiger partial charge in [0.05, 0.1) is 17.1 Å². The number of halogens is 1. The summed E-state index contributed by atoms with van der Waals surface area (Å²) in [7, 11) is 0. The van der Waals surface area contributed by atoms with E-state index < -0.39 is 10.7 Å². The first-order valence-corrected chi connectivity index (χ1v) is 6.38. The molecule has 0 bridgehead atoms. The van der Waals surface area contributed by atoms with Crippen LogP contribution < -0.4 is 5.32 Å². The minimum atomic E-state index is -0.515. The highest BCUT2D eigenvalue weighted by Gasteiger charge is 2.16. The molecule has 0 saturated carbocycles. The number of nitro groups is 1. The molecule has 1 saturated heterocycles. The molecule has 1 unspecified atom stereocenters. The number of nitrogens with one attached hydrogen (secondary N) is 1. The molecule has 0 aromatic heterocycles. The Hall–Kier alpha value is -1.53. The highest BCUT2D eigenvalue weighted by atomic mass is 19.1. The number of hydrogen-bond acceptors (Lipinski definition) is 4. The third-order valence-corrected chi connectivity index (χ3v) is 3.33. The lowest BCUT2D eigenvalue weighted by Crippen LogP contribution is -2.11. The largest absolute Gasteiger partial charge is 0.376 e. The monoisotopic (exact) mass is 268 g/mol. The molecule has 1 atom stereocenters. The van der Waals surface area contributed by atoms with Crippen LogP contribution in [0.5, 0.6) is 0 Å². The van der Waals surface area contributed by atoms with E-state index in [0.717, 1.165) is 38.1 Å². The second-order valence-corrected chi connectivity index (χ2v) is 4.73. The van der Waals surface area contributed by atoms with Gasteiger partial charge in [-0.15, -0.1) is 0 Å². The molecule has 0 amide bonds. The molecule has 19 heavy (non-hydrogen) atoms. The van der Waals surface area contributed by atoms with Crippen molar-refractivity contribution in [3.8, 4) is 0 Å². The molecule has 0 spiro atoms. The van der Waals surface area contributed by atoms with Gasteiger partial charge in [0, 0.05) is 12.7 Å². The van der Waals surface area contributed by atoms with Gasteiger partial charge < -0.3 is 10.1 Å².